The van der Waals surface area contributed by atoms with E-state index < -0.39 is 0 Å². The first-order chi connectivity index (χ1) is 7.38. The summed E-state index contributed by atoms with van der Waals surface area (Å²) in [5.41, 5.74) is 2.32. The van der Waals surface area contributed by atoms with Gasteiger partial charge in [-0.3, -0.25) is 0 Å². The van der Waals surface area contributed by atoms with Crippen molar-refractivity contribution in [2.24, 2.45) is 0 Å². The lowest BCUT2D eigenvalue weighted by Crippen LogP contribution is -1.93. The number of thiophene rings is 1. The van der Waals surface area contributed by atoms with Crippen LogP contribution in [0, 0.1) is 0 Å². The van der Waals surface area contributed by atoms with E-state index in [0.29, 0.717) is 12.5 Å². The third kappa shape index (κ3) is 2.98. The van der Waals surface area contributed by atoms with Crippen molar-refractivity contribution in [1.82, 2.24) is 0 Å². The van der Waals surface area contributed by atoms with Gasteiger partial charge in [0.1, 0.15) is 12.4 Å². The molecule has 1 heterocycles. The molecule has 0 aliphatic heterocycles. The molecule has 0 saturated heterocycles. The Morgan fingerprint density at radius 1 is 1.07 bits per heavy atom. The summed E-state index contributed by atoms with van der Waals surface area (Å²) in [7, 11) is 0. The van der Waals surface area contributed by atoms with Gasteiger partial charge in [-0.15, -0.1) is 11.6 Å². The number of hydrogen-bond acceptors (Lipinski definition) is 2. The topological polar surface area (TPSA) is 9.23 Å². The van der Waals surface area contributed by atoms with Crippen LogP contribution in [0.15, 0.2) is 41.1 Å². The zero-order valence-corrected chi connectivity index (χ0v) is 9.72. The maximum atomic E-state index is 5.70. The van der Waals surface area contributed by atoms with Gasteiger partial charge in [-0.25, -0.2) is 0 Å². The van der Waals surface area contributed by atoms with Crippen LogP contribution >= 0.6 is 22.9 Å². The van der Waals surface area contributed by atoms with Crippen LogP contribution in [0.1, 0.15) is 11.1 Å². The minimum absolute atomic E-state index is 0.546. The Kier molecular flexibility index (Phi) is 3.64. The quantitative estimate of drug-likeness (QED) is 0.730. The van der Waals surface area contributed by atoms with E-state index >= 15 is 0 Å². The highest BCUT2D eigenvalue weighted by Gasteiger charge is 1.96. The largest absolute Gasteiger partial charge is 0.489 e. The van der Waals surface area contributed by atoms with Gasteiger partial charge in [0, 0.05) is 5.88 Å². The second kappa shape index (κ2) is 5.19. The Balaban J connectivity index is 1.93. The van der Waals surface area contributed by atoms with E-state index in [4.69, 9.17) is 16.3 Å². The smallest absolute Gasteiger partial charge is 0.119 e. The summed E-state index contributed by atoms with van der Waals surface area (Å²) in [5, 5.41) is 4.14. The Hall–Kier alpha value is -0.990. The highest BCUT2D eigenvalue weighted by atomic mass is 35.5. The van der Waals surface area contributed by atoms with Crippen LogP contribution in [-0.4, -0.2) is 0 Å². The SMILES string of the molecule is ClCc1ccc(OCc2ccsc2)cc1. The summed E-state index contributed by atoms with van der Waals surface area (Å²) >= 11 is 7.38. The molecule has 0 radical (unpaired) electrons. The summed E-state index contributed by atoms with van der Waals surface area (Å²) in [6.07, 6.45) is 0. The highest BCUT2D eigenvalue weighted by Crippen LogP contribution is 2.16. The van der Waals surface area contributed by atoms with Gasteiger partial charge in [0.15, 0.2) is 0 Å². The summed E-state index contributed by atoms with van der Waals surface area (Å²) in [6.45, 7) is 0.629. The fourth-order valence-electron chi connectivity index (χ4n) is 1.22. The summed E-state index contributed by atoms with van der Waals surface area (Å²) in [6, 6.07) is 9.93. The molecule has 78 valence electrons. The first kappa shape index (κ1) is 10.5. The van der Waals surface area contributed by atoms with Gasteiger partial charge in [-0.1, -0.05) is 12.1 Å². The molecule has 1 aromatic carbocycles. The fraction of sp³-hybridized carbons (Fsp3) is 0.167. The van der Waals surface area contributed by atoms with E-state index in [2.05, 4.69) is 16.8 Å². The molecule has 15 heavy (non-hydrogen) atoms. The van der Waals surface area contributed by atoms with Crippen LogP contribution in [0.5, 0.6) is 5.75 Å². The van der Waals surface area contributed by atoms with E-state index in [9.17, 15) is 0 Å². The van der Waals surface area contributed by atoms with Crippen molar-refractivity contribution in [2.75, 3.05) is 0 Å². The van der Waals surface area contributed by atoms with Crippen LogP contribution in [0.2, 0.25) is 0 Å². The zero-order valence-electron chi connectivity index (χ0n) is 8.15. The Morgan fingerprint density at radius 3 is 2.47 bits per heavy atom. The molecule has 1 aromatic heterocycles. The molecule has 0 amide bonds. The second-order valence-electron chi connectivity index (χ2n) is 3.20. The fourth-order valence-corrected chi connectivity index (χ4v) is 2.05. The van der Waals surface area contributed by atoms with Crippen LogP contribution < -0.4 is 4.74 Å². The second-order valence-corrected chi connectivity index (χ2v) is 4.25. The van der Waals surface area contributed by atoms with Crippen LogP contribution in [0.4, 0.5) is 0 Å². The van der Waals surface area contributed by atoms with Crippen molar-refractivity contribution in [3.05, 3.63) is 52.2 Å². The van der Waals surface area contributed by atoms with Crippen LogP contribution in [0.3, 0.4) is 0 Å². The predicted molar refractivity (Wildman–Crippen MR) is 64.7 cm³/mol. The molecule has 1 nitrogen and oxygen atoms in total. The molecule has 0 aliphatic carbocycles. The van der Waals surface area contributed by atoms with E-state index in [1.807, 2.05) is 24.3 Å². The average molecular weight is 239 g/mol. The molecule has 0 unspecified atom stereocenters. The molecule has 2 rings (SSSR count). The third-order valence-electron chi connectivity index (χ3n) is 2.06. The molecule has 0 atom stereocenters. The number of rotatable bonds is 4. The molecule has 0 aliphatic rings. The molecular weight excluding hydrogens is 228 g/mol. The first-order valence-corrected chi connectivity index (χ1v) is 6.15. The molecule has 0 bridgehead atoms. The standard InChI is InChI=1S/C12H11ClOS/c13-7-10-1-3-12(4-2-10)14-8-11-5-6-15-9-11/h1-6,9H,7-8H2. The van der Waals surface area contributed by atoms with Gasteiger partial charge in [-0.2, -0.15) is 11.3 Å². The molecule has 3 heteroatoms. The molecular formula is C12H11ClOS. The van der Waals surface area contributed by atoms with Crippen molar-refractivity contribution in [3.8, 4) is 5.75 Å². The average Bonchev–Trinajstić information content (AvgIpc) is 2.80. The normalized spacial score (nSPS) is 10.2. The van der Waals surface area contributed by atoms with E-state index in [1.54, 1.807) is 11.3 Å². The summed E-state index contributed by atoms with van der Waals surface area (Å²) in [5.74, 6) is 1.43. The van der Waals surface area contributed by atoms with E-state index in [1.165, 1.54) is 5.56 Å². The van der Waals surface area contributed by atoms with Gasteiger partial charge in [-0.05, 0) is 40.1 Å². The molecule has 0 N–H and O–H groups in total. The van der Waals surface area contributed by atoms with Crippen molar-refractivity contribution in [1.29, 1.82) is 0 Å². The monoisotopic (exact) mass is 238 g/mol. The van der Waals surface area contributed by atoms with E-state index in [-0.39, 0.29) is 0 Å². The van der Waals surface area contributed by atoms with Gasteiger partial charge in [0.05, 0.1) is 0 Å². The van der Waals surface area contributed by atoms with Gasteiger partial charge >= 0.3 is 0 Å². The molecule has 2 aromatic rings. The Morgan fingerprint density at radius 2 is 1.87 bits per heavy atom. The number of hydrogen-bond donors (Lipinski definition) is 0. The number of benzene rings is 1. The summed E-state index contributed by atoms with van der Waals surface area (Å²) < 4.78 is 5.61. The zero-order chi connectivity index (χ0) is 10.5. The van der Waals surface area contributed by atoms with Gasteiger partial charge in [0.2, 0.25) is 0 Å². The lowest BCUT2D eigenvalue weighted by atomic mass is 10.2. The molecule has 0 spiro atoms. The van der Waals surface area contributed by atoms with Crippen LogP contribution in [0.25, 0.3) is 0 Å². The minimum atomic E-state index is 0.546. The summed E-state index contributed by atoms with van der Waals surface area (Å²) in [4.78, 5) is 0. The lowest BCUT2D eigenvalue weighted by molar-refractivity contribution is 0.306. The Labute approximate surface area is 98.3 Å². The number of halogens is 1. The van der Waals surface area contributed by atoms with Crippen molar-refractivity contribution < 1.29 is 4.74 Å². The Bertz CT molecular complexity index is 394. The number of alkyl halides is 1. The molecule has 0 fully saturated rings. The predicted octanol–water partition coefficient (Wildman–Crippen LogP) is 4.07. The molecule has 0 saturated carbocycles. The number of ether oxygens (including phenoxy) is 1. The van der Waals surface area contributed by atoms with Crippen molar-refractivity contribution in [3.63, 3.8) is 0 Å². The maximum absolute atomic E-state index is 5.70. The lowest BCUT2D eigenvalue weighted by Gasteiger charge is -2.04. The van der Waals surface area contributed by atoms with Crippen molar-refractivity contribution in [2.45, 2.75) is 12.5 Å². The van der Waals surface area contributed by atoms with E-state index in [0.717, 1.165) is 11.3 Å². The van der Waals surface area contributed by atoms with Gasteiger partial charge < -0.3 is 4.74 Å². The van der Waals surface area contributed by atoms with Gasteiger partial charge in [0.25, 0.3) is 0 Å². The van der Waals surface area contributed by atoms with Crippen LogP contribution in [-0.2, 0) is 12.5 Å². The maximum Gasteiger partial charge on any atom is 0.119 e. The third-order valence-corrected chi connectivity index (χ3v) is 3.10. The minimum Gasteiger partial charge on any atom is -0.489 e. The highest BCUT2D eigenvalue weighted by molar-refractivity contribution is 7.07. The first-order valence-electron chi connectivity index (χ1n) is 4.67. The van der Waals surface area contributed by atoms with Crippen molar-refractivity contribution >= 4 is 22.9 Å².